The topological polar surface area (TPSA) is 46.3 Å². The van der Waals surface area contributed by atoms with Gasteiger partial charge in [-0.25, -0.2) is 0 Å². The van der Waals surface area contributed by atoms with Gasteiger partial charge in [0.15, 0.2) is 0 Å². The van der Waals surface area contributed by atoms with Crippen LogP contribution < -0.4 is 5.73 Å². The van der Waals surface area contributed by atoms with Crippen molar-refractivity contribution in [3.05, 3.63) is 0 Å². The quantitative estimate of drug-likeness (QED) is 0.623. The molecule has 0 unspecified atom stereocenters. The fourth-order valence-corrected chi connectivity index (χ4v) is 3.46. The second-order valence-electron chi connectivity index (χ2n) is 6.15. The predicted molar refractivity (Wildman–Crippen MR) is 81.9 cm³/mol. The maximum atomic E-state index is 13.0. The number of carbonyl (C=O) groups is 1. The summed E-state index contributed by atoms with van der Waals surface area (Å²) in [4.78, 5) is 15.4. The van der Waals surface area contributed by atoms with Crippen LogP contribution >= 0.6 is 12.2 Å². The minimum absolute atomic E-state index is 0.205. The highest BCUT2D eigenvalue weighted by Crippen LogP contribution is 2.38. The number of nitrogens with zero attached hydrogens (tertiary/aromatic N) is 1. The van der Waals surface area contributed by atoms with Crippen molar-refractivity contribution in [2.45, 2.75) is 58.3 Å². The SMILES string of the molecule is CCN(CC1CC1)C(=O)C1(C(N)=S)CCCCCC1. The molecule has 0 aromatic carbocycles. The maximum Gasteiger partial charge on any atom is 0.235 e. The maximum absolute atomic E-state index is 13.0. The third-order valence-corrected chi connectivity index (χ3v) is 5.07. The number of amides is 1. The Morgan fingerprint density at radius 2 is 1.84 bits per heavy atom. The van der Waals surface area contributed by atoms with Crippen molar-refractivity contribution < 1.29 is 4.79 Å². The summed E-state index contributed by atoms with van der Waals surface area (Å²) in [7, 11) is 0. The molecule has 0 saturated heterocycles. The Kier molecular flexibility index (Phi) is 4.82. The minimum Gasteiger partial charge on any atom is -0.392 e. The van der Waals surface area contributed by atoms with Crippen LogP contribution in [0.2, 0.25) is 0 Å². The Labute approximate surface area is 121 Å². The number of hydrogen-bond acceptors (Lipinski definition) is 2. The zero-order chi connectivity index (χ0) is 13.9. The Morgan fingerprint density at radius 1 is 1.26 bits per heavy atom. The first-order valence-electron chi connectivity index (χ1n) is 7.69. The van der Waals surface area contributed by atoms with E-state index in [0.717, 1.165) is 44.7 Å². The smallest absolute Gasteiger partial charge is 0.235 e. The lowest BCUT2D eigenvalue weighted by atomic mass is 9.78. The highest BCUT2D eigenvalue weighted by molar-refractivity contribution is 7.80. The number of hydrogen-bond donors (Lipinski definition) is 1. The van der Waals surface area contributed by atoms with Crippen LogP contribution in [0, 0.1) is 11.3 Å². The summed E-state index contributed by atoms with van der Waals surface area (Å²) in [6, 6.07) is 0. The highest BCUT2D eigenvalue weighted by Gasteiger charge is 2.44. The normalized spacial score (nSPS) is 22.6. The predicted octanol–water partition coefficient (Wildman–Crippen LogP) is 2.87. The molecule has 4 heteroatoms. The van der Waals surface area contributed by atoms with Crippen LogP contribution in [0.3, 0.4) is 0 Å². The molecule has 0 radical (unpaired) electrons. The summed E-state index contributed by atoms with van der Waals surface area (Å²) in [6.45, 7) is 3.74. The lowest BCUT2D eigenvalue weighted by Crippen LogP contribution is -2.51. The van der Waals surface area contributed by atoms with E-state index in [2.05, 4.69) is 6.92 Å². The monoisotopic (exact) mass is 282 g/mol. The van der Waals surface area contributed by atoms with E-state index in [-0.39, 0.29) is 5.91 Å². The van der Waals surface area contributed by atoms with Gasteiger partial charge in [0.1, 0.15) is 0 Å². The number of nitrogens with two attached hydrogens (primary N) is 1. The van der Waals surface area contributed by atoms with Crippen molar-refractivity contribution in [3.63, 3.8) is 0 Å². The second kappa shape index (κ2) is 6.21. The van der Waals surface area contributed by atoms with Crippen LogP contribution in [0.25, 0.3) is 0 Å². The van der Waals surface area contributed by atoms with E-state index in [9.17, 15) is 4.79 Å². The first kappa shape index (κ1) is 14.8. The van der Waals surface area contributed by atoms with E-state index in [0.29, 0.717) is 4.99 Å². The third-order valence-electron chi connectivity index (χ3n) is 4.68. The highest BCUT2D eigenvalue weighted by atomic mass is 32.1. The van der Waals surface area contributed by atoms with Crippen LogP contribution in [-0.2, 0) is 4.79 Å². The van der Waals surface area contributed by atoms with Crippen LogP contribution in [0.5, 0.6) is 0 Å². The van der Waals surface area contributed by atoms with Gasteiger partial charge in [-0.05, 0) is 38.5 Å². The Morgan fingerprint density at radius 3 is 2.26 bits per heavy atom. The second-order valence-corrected chi connectivity index (χ2v) is 6.59. The van der Waals surface area contributed by atoms with Gasteiger partial charge in [-0.1, -0.05) is 37.9 Å². The number of carbonyl (C=O) groups excluding carboxylic acids is 1. The van der Waals surface area contributed by atoms with Gasteiger partial charge in [-0.2, -0.15) is 0 Å². The van der Waals surface area contributed by atoms with Gasteiger partial charge in [0.2, 0.25) is 5.91 Å². The minimum atomic E-state index is -0.545. The molecule has 2 aliphatic carbocycles. The molecule has 19 heavy (non-hydrogen) atoms. The average Bonchev–Trinajstić information content (AvgIpc) is 3.21. The average molecular weight is 282 g/mol. The summed E-state index contributed by atoms with van der Waals surface area (Å²) < 4.78 is 0. The van der Waals surface area contributed by atoms with Gasteiger partial charge in [-0.3, -0.25) is 4.79 Å². The molecule has 0 aromatic heterocycles. The van der Waals surface area contributed by atoms with Crippen molar-refractivity contribution in [1.29, 1.82) is 0 Å². The van der Waals surface area contributed by atoms with E-state index >= 15 is 0 Å². The molecule has 0 atom stereocenters. The summed E-state index contributed by atoms with van der Waals surface area (Å²) in [5, 5.41) is 0. The Hall–Kier alpha value is -0.640. The summed E-state index contributed by atoms with van der Waals surface area (Å²) >= 11 is 5.29. The first-order chi connectivity index (χ1) is 9.10. The summed E-state index contributed by atoms with van der Waals surface area (Å²) in [6.07, 6.45) is 8.78. The molecule has 0 aromatic rings. The Balaban J connectivity index is 2.15. The zero-order valence-corrected chi connectivity index (χ0v) is 12.8. The van der Waals surface area contributed by atoms with Gasteiger partial charge in [-0.15, -0.1) is 0 Å². The van der Waals surface area contributed by atoms with Crippen molar-refractivity contribution in [1.82, 2.24) is 4.90 Å². The summed E-state index contributed by atoms with van der Waals surface area (Å²) in [5.41, 5.74) is 5.45. The molecular formula is C15H26N2OS. The Bertz CT molecular complexity index is 344. The molecule has 0 bridgehead atoms. The molecule has 2 saturated carbocycles. The molecule has 0 heterocycles. The molecule has 2 fully saturated rings. The molecule has 3 nitrogen and oxygen atoms in total. The number of rotatable bonds is 5. The van der Waals surface area contributed by atoms with Gasteiger partial charge < -0.3 is 10.6 Å². The van der Waals surface area contributed by atoms with Crippen LogP contribution in [-0.4, -0.2) is 28.9 Å². The zero-order valence-electron chi connectivity index (χ0n) is 12.0. The van der Waals surface area contributed by atoms with E-state index in [1.165, 1.54) is 25.7 Å². The lowest BCUT2D eigenvalue weighted by molar-refractivity contribution is -0.139. The molecule has 2 aliphatic rings. The molecular weight excluding hydrogens is 256 g/mol. The van der Waals surface area contributed by atoms with Gasteiger partial charge in [0, 0.05) is 13.1 Å². The fraction of sp³-hybridized carbons (Fsp3) is 0.867. The van der Waals surface area contributed by atoms with Crippen LogP contribution in [0.15, 0.2) is 0 Å². The van der Waals surface area contributed by atoms with E-state index < -0.39 is 5.41 Å². The van der Waals surface area contributed by atoms with Crippen molar-refractivity contribution in [2.24, 2.45) is 17.1 Å². The van der Waals surface area contributed by atoms with E-state index in [1.54, 1.807) is 0 Å². The molecule has 1 amide bonds. The van der Waals surface area contributed by atoms with Crippen LogP contribution in [0.1, 0.15) is 58.3 Å². The summed E-state index contributed by atoms with van der Waals surface area (Å²) in [5.74, 6) is 0.925. The molecule has 2 N–H and O–H groups in total. The standard InChI is InChI=1S/C15H26N2OS/c1-2-17(11-12-7-8-12)14(18)15(13(16)19)9-5-3-4-6-10-15/h12H,2-11H2,1H3,(H2,16,19). The van der Waals surface area contributed by atoms with Gasteiger partial charge in [0.05, 0.1) is 10.4 Å². The van der Waals surface area contributed by atoms with Crippen molar-refractivity contribution in [3.8, 4) is 0 Å². The molecule has 0 spiro atoms. The largest absolute Gasteiger partial charge is 0.392 e. The fourth-order valence-electron chi connectivity index (χ4n) is 3.17. The number of thiocarbonyl (C=S) groups is 1. The third kappa shape index (κ3) is 3.28. The molecule has 2 rings (SSSR count). The van der Waals surface area contributed by atoms with Crippen molar-refractivity contribution >= 4 is 23.1 Å². The first-order valence-corrected chi connectivity index (χ1v) is 8.10. The van der Waals surface area contributed by atoms with E-state index in [1.807, 2.05) is 4.90 Å². The van der Waals surface area contributed by atoms with Gasteiger partial charge in [0.25, 0.3) is 0 Å². The van der Waals surface area contributed by atoms with Crippen molar-refractivity contribution in [2.75, 3.05) is 13.1 Å². The lowest BCUT2D eigenvalue weighted by Gasteiger charge is -2.35. The van der Waals surface area contributed by atoms with Gasteiger partial charge >= 0.3 is 0 Å². The van der Waals surface area contributed by atoms with Crippen LogP contribution in [0.4, 0.5) is 0 Å². The molecule has 108 valence electrons. The van der Waals surface area contributed by atoms with E-state index in [4.69, 9.17) is 18.0 Å². The molecule has 0 aliphatic heterocycles.